The quantitative estimate of drug-likeness (QED) is 0.517. The highest BCUT2D eigenvalue weighted by molar-refractivity contribution is 5.98. The normalized spacial score (nSPS) is 10.8. The van der Waals surface area contributed by atoms with E-state index in [2.05, 4.69) is 15.6 Å². The third-order valence-electron chi connectivity index (χ3n) is 2.13. The lowest BCUT2D eigenvalue weighted by atomic mass is 10.2. The number of carbonyl (C=O) groups excluding carboxylic acids is 3. The summed E-state index contributed by atoms with van der Waals surface area (Å²) in [6.07, 6.45) is 3.27. The van der Waals surface area contributed by atoms with Gasteiger partial charge in [0.05, 0.1) is 17.9 Å². The maximum absolute atomic E-state index is 11.6. The highest BCUT2D eigenvalue weighted by Crippen LogP contribution is 2.07. The van der Waals surface area contributed by atoms with E-state index < -0.39 is 11.8 Å². The van der Waals surface area contributed by atoms with Crippen molar-refractivity contribution in [3.05, 3.63) is 36.2 Å². The number of amides is 2. The van der Waals surface area contributed by atoms with Crippen molar-refractivity contribution in [2.75, 3.05) is 20.3 Å². The minimum Gasteiger partial charge on any atom is -0.375 e. The molecule has 106 valence electrons. The molecule has 0 aliphatic carbocycles. The number of rotatable bonds is 7. The van der Waals surface area contributed by atoms with Crippen LogP contribution in [0.2, 0.25) is 0 Å². The average molecular weight is 277 g/mol. The summed E-state index contributed by atoms with van der Waals surface area (Å²) in [5, 5.41) is 4.87. The molecule has 0 aliphatic rings. The number of pyridine rings is 1. The van der Waals surface area contributed by atoms with Gasteiger partial charge in [0.1, 0.15) is 12.9 Å². The molecule has 0 spiro atoms. The Kier molecular flexibility index (Phi) is 6.63. The van der Waals surface area contributed by atoms with Gasteiger partial charge in [-0.15, -0.1) is 0 Å². The Morgan fingerprint density at radius 2 is 2.20 bits per heavy atom. The van der Waals surface area contributed by atoms with Crippen LogP contribution in [0.4, 0.5) is 0 Å². The van der Waals surface area contributed by atoms with Crippen molar-refractivity contribution in [2.45, 2.75) is 0 Å². The van der Waals surface area contributed by atoms with Crippen LogP contribution in [0.5, 0.6) is 0 Å². The van der Waals surface area contributed by atoms with Crippen LogP contribution in [0.3, 0.4) is 0 Å². The van der Waals surface area contributed by atoms with E-state index in [4.69, 9.17) is 4.74 Å². The first-order valence-corrected chi connectivity index (χ1v) is 5.80. The molecule has 20 heavy (non-hydrogen) atoms. The maximum Gasteiger partial charge on any atom is 0.250 e. The zero-order valence-electron chi connectivity index (χ0n) is 11.0. The smallest absolute Gasteiger partial charge is 0.250 e. The predicted molar refractivity (Wildman–Crippen MR) is 71.3 cm³/mol. The van der Waals surface area contributed by atoms with Crippen molar-refractivity contribution in [2.24, 2.45) is 0 Å². The molecule has 1 heterocycles. The van der Waals surface area contributed by atoms with Crippen molar-refractivity contribution in [1.29, 1.82) is 0 Å². The van der Waals surface area contributed by atoms with Gasteiger partial charge in [-0.05, 0) is 12.1 Å². The monoisotopic (exact) mass is 277 g/mol. The Balaban J connectivity index is 2.89. The Hall–Kier alpha value is -2.54. The molecule has 0 saturated heterocycles. The highest BCUT2D eigenvalue weighted by atomic mass is 16.5. The van der Waals surface area contributed by atoms with Gasteiger partial charge in [-0.25, -0.2) is 0 Å². The zero-order valence-corrected chi connectivity index (χ0v) is 11.0. The molecule has 0 aromatic carbocycles. The zero-order chi connectivity index (χ0) is 14.8. The number of hydrogen-bond acceptors (Lipinski definition) is 5. The summed E-state index contributed by atoms with van der Waals surface area (Å²) in [6, 6.07) is 5.08. The Labute approximate surface area is 116 Å². The number of nitrogens with zero attached hydrogens (tertiary/aromatic N) is 1. The summed E-state index contributed by atoms with van der Waals surface area (Å²) in [6.45, 7) is -0.239. The standard InChI is InChI=1S/C13H15N3O4/c1-20-9-13(19)16-11(8-12(18)15-6-7-17)10-4-2-3-5-14-10/h2-5,7-8H,6,9H2,1H3,(H,15,18)(H,16,19). The number of nitrogens with one attached hydrogen (secondary N) is 2. The second-order valence-electron chi connectivity index (χ2n) is 3.67. The van der Waals surface area contributed by atoms with Crippen molar-refractivity contribution in [1.82, 2.24) is 15.6 Å². The molecule has 0 atom stereocenters. The summed E-state index contributed by atoms with van der Waals surface area (Å²) < 4.78 is 4.70. The van der Waals surface area contributed by atoms with E-state index in [1.807, 2.05) is 0 Å². The molecule has 7 heteroatoms. The van der Waals surface area contributed by atoms with E-state index in [0.29, 0.717) is 12.0 Å². The first-order valence-electron chi connectivity index (χ1n) is 5.80. The molecule has 0 unspecified atom stereocenters. The lowest BCUT2D eigenvalue weighted by Crippen LogP contribution is -2.29. The third-order valence-corrected chi connectivity index (χ3v) is 2.13. The lowest BCUT2D eigenvalue weighted by molar-refractivity contribution is -0.123. The van der Waals surface area contributed by atoms with E-state index in [1.54, 1.807) is 18.2 Å². The molecule has 0 radical (unpaired) electrons. The molecular formula is C13H15N3O4. The van der Waals surface area contributed by atoms with E-state index in [1.165, 1.54) is 19.4 Å². The molecule has 1 aromatic rings. The fourth-order valence-electron chi connectivity index (χ4n) is 1.34. The van der Waals surface area contributed by atoms with Crippen molar-refractivity contribution < 1.29 is 19.1 Å². The van der Waals surface area contributed by atoms with E-state index >= 15 is 0 Å². The summed E-state index contributed by atoms with van der Waals surface area (Å²) >= 11 is 0. The maximum atomic E-state index is 11.6. The number of aldehydes is 1. The van der Waals surface area contributed by atoms with Gasteiger partial charge in [-0.3, -0.25) is 14.6 Å². The van der Waals surface area contributed by atoms with Crippen LogP contribution in [-0.4, -0.2) is 43.3 Å². The molecule has 0 bridgehead atoms. The Bertz CT molecular complexity index is 500. The van der Waals surface area contributed by atoms with Crippen LogP contribution >= 0.6 is 0 Å². The van der Waals surface area contributed by atoms with E-state index in [9.17, 15) is 14.4 Å². The van der Waals surface area contributed by atoms with Gasteiger partial charge < -0.3 is 20.2 Å². The molecule has 2 amide bonds. The molecular weight excluding hydrogens is 262 g/mol. The van der Waals surface area contributed by atoms with Gasteiger partial charge in [-0.1, -0.05) is 6.07 Å². The lowest BCUT2D eigenvalue weighted by Gasteiger charge is -2.09. The van der Waals surface area contributed by atoms with Gasteiger partial charge in [-0.2, -0.15) is 0 Å². The Morgan fingerprint density at radius 1 is 1.40 bits per heavy atom. The second kappa shape index (κ2) is 8.54. The number of ether oxygens (including phenoxy) is 1. The number of methoxy groups -OCH3 is 1. The third kappa shape index (κ3) is 5.40. The highest BCUT2D eigenvalue weighted by Gasteiger charge is 2.09. The molecule has 1 rings (SSSR count). The SMILES string of the molecule is COCC(=O)NC(=CC(=O)NCC=O)c1ccccn1. The van der Waals surface area contributed by atoms with Gasteiger partial charge in [0.25, 0.3) is 0 Å². The van der Waals surface area contributed by atoms with Gasteiger partial charge in [0.15, 0.2) is 0 Å². The first kappa shape index (κ1) is 15.5. The van der Waals surface area contributed by atoms with Gasteiger partial charge in [0.2, 0.25) is 11.8 Å². The Morgan fingerprint density at radius 3 is 2.80 bits per heavy atom. The largest absolute Gasteiger partial charge is 0.375 e. The fourth-order valence-corrected chi connectivity index (χ4v) is 1.34. The van der Waals surface area contributed by atoms with E-state index in [-0.39, 0.29) is 18.8 Å². The summed E-state index contributed by atoms with van der Waals surface area (Å²) in [5.41, 5.74) is 0.661. The van der Waals surface area contributed by atoms with Crippen molar-refractivity contribution >= 4 is 23.8 Å². The average Bonchev–Trinajstić information content (AvgIpc) is 2.45. The minimum atomic E-state index is -0.504. The molecule has 0 saturated carbocycles. The topological polar surface area (TPSA) is 97.4 Å². The van der Waals surface area contributed by atoms with Crippen LogP contribution in [-0.2, 0) is 19.1 Å². The molecule has 0 fully saturated rings. The fraction of sp³-hybridized carbons (Fsp3) is 0.231. The second-order valence-corrected chi connectivity index (χ2v) is 3.67. The van der Waals surface area contributed by atoms with Gasteiger partial charge in [0, 0.05) is 19.4 Å². The summed E-state index contributed by atoms with van der Waals surface area (Å²) in [7, 11) is 1.39. The number of hydrogen-bond donors (Lipinski definition) is 2. The van der Waals surface area contributed by atoms with Crippen molar-refractivity contribution in [3.63, 3.8) is 0 Å². The van der Waals surface area contributed by atoms with Crippen LogP contribution < -0.4 is 10.6 Å². The summed E-state index contributed by atoms with van der Waals surface area (Å²) in [4.78, 5) is 37.3. The van der Waals surface area contributed by atoms with Crippen LogP contribution in [0, 0.1) is 0 Å². The predicted octanol–water partition coefficient (Wildman–Crippen LogP) is -0.500. The number of aromatic nitrogens is 1. The van der Waals surface area contributed by atoms with Crippen molar-refractivity contribution in [3.8, 4) is 0 Å². The van der Waals surface area contributed by atoms with E-state index in [0.717, 1.165) is 0 Å². The first-order chi connectivity index (χ1) is 9.67. The molecule has 2 N–H and O–H groups in total. The number of carbonyl (C=O) groups is 3. The molecule has 7 nitrogen and oxygen atoms in total. The van der Waals surface area contributed by atoms with Crippen LogP contribution in [0.1, 0.15) is 5.69 Å². The molecule has 1 aromatic heterocycles. The minimum absolute atomic E-state index is 0.100. The van der Waals surface area contributed by atoms with Gasteiger partial charge >= 0.3 is 0 Å². The van der Waals surface area contributed by atoms with Crippen LogP contribution in [0.15, 0.2) is 30.5 Å². The van der Waals surface area contributed by atoms with Crippen LogP contribution in [0.25, 0.3) is 5.70 Å². The summed E-state index contributed by atoms with van der Waals surface area (Å²) in [5.74, 6) is -0.914. The molecule has 0 aliphatic heterocycles.